The van der Waals surface area contributed by atoms with Crippen LogP contribution in [-0.4, -0.2) is 19.6 Å². The lowest BCUT2D eigenvalue weighted by atomic mass is 10.1. The Morgan fingerprint density at radius 1 is 1.10 bits per heavy atom. The number of nitrogen functional groups attached to an aromatic ring is 1. The summed E-state index contributed by atoms with van der Waals surface area (Å²) in [5.41, 5.74) is 5.42. The molecule has 0 aliphatic carbocycles. The highest BCUT2D eigenvalue weighted by molar-refractivity contribution is 5.65. The van der Waals surface area contributed by atoms with Crippen LogP contribution in [0.2, 0.25) is 0 Å². The Hall–Kier alpha value is -2.64. The van der Waals surface area contributed by atoms with E-state index in [9.17, 15) is 13.2 Å². The zero-order valence-electron chi connectivity index (χ0n) is 9.96. The number of nitrogens with two attached hydrogens (primary N) is 1. The molecule has 20 heavy (non-hydrogen) atoms. The van der Waals surface area contributed by atoms with Crippen molar-refractivity contribution < 1.29 is 13.2 Å². The number of benzene rings is 1. The van der Waals surface area contributed by atoms with E-state index in [-0.39, 0.29) is 17.1 Å². The number of halogens is 3. The summed E-state index contributed by atoms with van der Waals surface area (Å²) in [4.78, 5) is 3.87. The van der Waals surface area contributed by atoms with Crippen LogP contribution >= 0.6 is 0 Å². The second-order valence-electron chi connectivity index (χ2n) is 4.17. The van der Waals surface area contributed by atoms with Crippen LogP contribution in [0.5, 0.6) is 0 Å². The number of rotatable bonds is 1. The van der Waals surface area contributed by atoms with Gasteiger partial charge < -0.3 is 5.73 Å². The molecule has 0 bridgehead atoms. The summed E-state index contributed by atoms with van der Waals surface area (Å²) in [5, 5.41) is 7.72. The van der Waals surface area contributed by atoms with Gasteiger partial charge >= 0.3 is 6.18 Å². The van der Waals surface area contributed by atoms with E-state index in [1.165, 1.54) is 18.5 Å². The van der Waals surface area contributed by atoms with Gasteiger partial charge in [0.2, 0.25) is 0 Å². The van der Waals surface area contributed by atoms with Gasteiger partial charge in [0.1, 0.15) is 0 Å². The molecule has 2 N–H and O–H groups in total. The van der Waals surface area contributed by atoms with Crippen molar-refractivity contribution >= 4 is 11.3 Å². The van der Waals surface area contributed by atoms with E-state index in [0.29, 0.717) is 5.65 Å². The van der Waals surface area contributed by atoms with Crippen molar-refractivity contribution in [2.75, 3.05) is 5.73 Å². The minimum atomic E-state index is -4.47. The van der Waals surface area contributed by atoms with Gasteiger partial charge in [-0.3, -0.25) is 9.38 Å². The third kappa shape index (κ3) is 2.04. The molecule has 0 aliphatic rings. The van der Waals surface area contributed by atoms with Crippen LogP contribution in [-0.2, 0) is 6.18 Å². The van der Waals surface area contributed by atoms with Gasteiger partial charge in [0.05, 0.1) is 11.8 Å². The topological polar surface area (TPSA) is 69.1 Å². The van der Waals surface area contributed by atoms with Gasteiger partial charge in [0.15, 0.2) is 11.5 Å². The fraction of sp³-hybridized carbons (Fsp3) is 0.0833. The molecule has 1 aromatic carbocycles. The van der Waals surface area contributed by atoms with Crippen LogP contribution in [0.15, 0.2) is 36.8 Å². The summed E-state index contributed by atoms with van der Waals surface area (Å²) in [6.07, 6.45) is 0.0671. The summed E-state index contributed by atoms with van der Waals surface area (Å²) >= 11 is 0. The third-order valence-electron chi connectivity index (χ3n) is 2.75. The molecule has 3 rings (SSSR count). The predicted octanol–water partition coefficient (Wildman–Crippen LogP) is 2.39. The van der Waals surface area contributed by atoms with Gasteiger partial charge in [-0.1, -0.05) is 0 Å². The minimum absolute atomic E-state index is 0.0145. The third-order valence-corrected chi connectivity index (χ3v) is 2.75. The molecule has 0 amide bonds. The zero-order valence-corrected chi connectivity index (χ0v) is 9.96. The van der Waals surface area contributed by atoms with Gasteiger partial charge in [-0.2, -0.15) is 13.2 Å². The van der Waals surface area contributed by atoms with Gasteiger partial charge in [-0.25, -0.2) is 0 Å². The first kappa shape index (κ1) is 12.4. The lowest BCUT2D eigenvalue weighted by molar-refractivity contribution is -0.137. The van der Waals surface area contributed by atoms with E-state index in [1.807, 2.05) is 0 Å². The first-order chi connectivity index (χ1) is 9.45. The molecule has 5 nitrogen and oxygen atoms in total. The Bertz CT molecular complexity index is 778. The maximum atomic E-state index is 12.8. The molecular formula is C12H8F3N5. The van der Waals surface area contributed by atoms with Crippen molar-refractivity contribution in [2.45, 2.75) is 6.18 Å². The zero-order chi connectivity index (χ0) is 14.3. The Kier molecular flexibility index (Phi) is 2.60. The van der Waals surface area contributed by atoms with Crippen molar-refractivity contribution in [1.82, 2.24) is 19.6 Å². The Morgan fingerprint density at radius 2 is 1.90 bits per heavy atom. The molecule has 0 saturated heterocycles. The van der Waals surface area contributed by atoms with Crippen molar-refractivity contribution in [3.8, 4) is 11.4 Å². The smallest absolute Gasteiger partial charge is 0.399 e. The second-order valence-corrected chi connectivity index (χ2v) is 4.17. The molecule has 0 atom stereocenters. The molecule has 0 fully saturated rings. The average Bonchev–Trinajstić information content (AvgIpc) is 2.80. The first-order valence-corrected chi connectivity index (χ1v) is 5.58. The average molecular weight is 279 g/mol. The normalized spacial score (nSPS) is 11.9. The number of hydrogen-bond acceptors (Lipinski definition) is 4. The Morgan fingerprint density at radius 3 is 2.65 bits per heavy atom. The number of fused-ring (bicyclic) bond motifs is 1. The number of nitrogens with zero attached hydrogens (tertiary/aromatic N) is 4. The van der Waals surface area contributed by atoms with E-state index in [4.69, 9.17) is 5.73 Å². The Labute approximate surface area is 110 Å². The second kappa shape index (κ2) is 4.19. The van der Waals surface area contributed by atoms with E-state index < -0.39 is 11.7 Å². The van der Waals surface area contributed by atoms with Crippen LogP contribution in [0.25, 0.3) is 17.0 Å². The Balaban J connectivity index is 2.22. The van der Waals surface area contributed by atoms with Crippen LogP contribution < -0.4 is 5.73 Å². The standard InChI is InChI=1S/C12H8F3N5/c13-12(14,15)8-3-7(4-9(16)5-8)11-19-18-10-6-17-1-2-20(10)11/h1-6H,16H2. The van der Waals surface area contributed by atoms with E-state index in [2.05, 4.69) is 15.2 Å². The largest absolute Gasteiger partial charge is 0.416 e. The molecule has 8 heteroatoms. The molecule has 0 aliphatic heterocycles. The van der Waals surface area contributed by atoms with E-state index in [1.54, 1.807) is 10.6 Å². The molecule has 2 heterocycles. The maximum Gasteiger partial charge on any atom is 0.416 e. The van der Waals surface area contributed by atoms with Crippen LogP contribution in [0.4, 0.5) is 18.9 Å². The number of hydrogen-bond donors (Lipinski definition) is 1. The fourth-order valence-electron chi connectivity index (χ4n) is 1.89. The molecule has 2 aromatic heterocycles. The van der Waals surface area contributed by atoms with Crippen LogP contribution in [0.3, 0.4) is 0 Å². The van der Waals surface area contributed by atoms with E-state index >= 15 is 0 Å². The number of aromatic nitrogens is 4. The molecular weight excluding hydrogens is 271 g/mol. The van der Waals surface area contributed by atoms with Crippen molar-refractivity contribution in [3.63, 3.8) is 0 Å². The van der Waals surface area contributed by atoms with E-state index in [0.717, 1.165) is 12.1 Å². The summed E-state index contributed by atoms with van der Waals surface area (Å²) in [6, 6.07) is 3.30. The van der Waals surface area contributed by atoms with Crippen LogP contribution in [0, 0.1) is 0 Å². The molecule has 0 unspecified atom stereocenters. The highest BCUT2D eigenvalue weighted by Gasteiger charge is 2.31. The maximum absolute atomic E-state index is 12.8. The van der Waals surface area contributed by atoms with Gasteiger partial charge in [-0.15, -0.1) is 10.2 Å². The van der Waals surface area contributed by atoms with Crippen molar-refractivity contribution in [2.24, 2.45) is 0 Å². The molecule has 3 aromatic rings. The van der Waals surface area contributed by atoms with Gasteiger partial charge in [0, 0.05) is 23.6 Å². The first-order valence-electron chi connectivity index (χ1n) is 5.58. The summed E-state index contributed by atoms with van der Waals surface area (Å²) < 4.78 is 39.9. The predicted molar refractivity (Wildman–Crippen MR) is 65.6 cm³/mol. The number of anilines is 1. The molecule has 0 spiro atoms. The molecule has 0 radical (unpaired) electrons. The minimum Gasteiger partial charge on any atom is -0.399 e. The highest BCUT2D eigenvalue weighted by Crippen LogP contribution is 2.33. The lowest BCUT2D eigenvalue weighted by Crippen LogP contribution is -2.06. The number of alkyl halides is 3. The summed E-state index contributed by atoms with van der Waals surface area (Å²) in [6.45, 7) is 0. The van der Waals surface area contributed by atoms with Crippen molar-refractivity contribution in [3.05, 3.63) is 42.4 Å². The quantitative estimate of drug-likeness (QED) is 0.694. The SMILES string of the molecule is Nc1cc(-c2nnc3cnccn23)cc(C(F)(F)F)c1. The highest BCUT2D eigenvalue weighted by atomic mass is 19.4. The lowest BCUT2D eigenvalue weighted by Gasteiger charge is -2.09. The van der Waals surface area contributed by atoms with Crippen molar-refractivity contribution in [1.29, 1.82) is 0 Å². The van der Waals surface area contributed by atoms with Gasteiger partial charge in [0.25, 0.3) is 0 Å². The summed E-state index contributed by atoms with van der Waals surface area (Å²) in [5.74, 6) is 0.278. The monoisotopic (exact) mass is 279 g/mol. The molecule has 102 valence electrons. The molecule has 0 saturated carbocycles. The van der Waals surface area contributed by atoms with Gasteiger partial charge in [-0.05, 0) is 18.2 Å². The summed E-state index contributed by atoms with van der Waals surface area (Å²) in [7, 11) is 0. The van der Waals surface area contributed by atoms with Crippen LogP contribution in [0.1, 0.15) is 5.56 Å². The fourth-order valence-corrected chi connectivity index (χ4v) is 1.89.